The Labute approximate surface area is 106 Å². The van der Waals surface area contributed by atoms with E-state index in [-0.39, 0.29) is 5.91 Å². The Morgan fingerprint density at radius 1 is 1.53 bits per heavy atom. The van der Waals surface area contributed by atoms with E-state index < -0.39 is 0 Å². The quantitative estimate of drug-likeness (QED) is 0.720. The molecule has 17 heavy (non-hydrogen) atoms. The number of aromatic nitrogens is 2. The van der Waals surface area contributed by atoms with Crippen LogP contribution in [0.4, 0.5) is 5.82 Å². The lowest BCUT2D eigenvalue weighted by atomic mass is 10.2. The Morgan fingerprint density at radius 2 is 2.29 bits per heavy atom. The topological polar surface area (TPSA) is 72.9 Å². The summed E-state index contributed by atoms with van der Waals surface area (Å²) in [7, 11) is 1.72. The first-order valence-corrected chi connectivity index (χ1v) is 7.10. The fourth-order valence-electron chi connectivity index (χ4n) is 1.47. The van der Waals surface area contributed by atoms with Gasteiger partial charge in [0.1, 0.15) is 11.4 Å². The first-order chi connectivity index (χ1) is 8.16. The molecule has 1 amide bonds. The van der Waals surface area contributed by atoms with Crippen LogP contribution in [-0.4, -0.2) is 34.2 Å². The minimum absolute atomic E-state index is 0.138. The molecule has 1 aromatic rings. The Balaban J connectivity index is 2.24. The molecule has 0 unspecified atom stereocenters. The van der Waals surface area contributed by atoms with Gasteiger partial charge in [-0.3, -0.25) is 9.48 Å². The van der Waals surface area contributed by atoms with Crippen molar-refractivity contribution in [2.75, 3.05) is 24.3 Å². The summed E-state index contributed by atoms with van der Waals surface area (Å²) in [6.45, 7) is 0.696. The maximum atomic E-state index is 11.7. The van der Waals surface area contributed by atoms with Gasteiger partial charge in [0.2, 0.25) is 0 Å². The van der Waals surface area contributed by atoms with E-state index in [4.69, 9.17) is 5.73 Å². The van der Waals surface area contributed by atoms with Crippen molar-refractivity contribution in [1.82, 2.24) is 15.1 Å². The number of nitrogens with zero attached hydrogens (tertiary/aromatic N) is 2. The Hall–Kier alpha value is -1.17. The van der Waals surface area contributed by atoms with Crippen LogP contribution in [0.1, 0.15) is 29.6 Å². The molecule has 0 atom stereocenters. The molecule has 0 aliphatic carbocycles. The zero-order valence-electron chi connectivity index (χ0n) is 10.4. The molecule has 0 radical (unpaired) electrons. The SMILES string of the molecule is CSCCCCCNC(=O)c1cnn(C)c1N. The summed E-state index contributed by atoms with van der Waals surface area (Å²) in [6, 6.07) is 0. The number of nitrogens with one attached hydrogen (secondary N) is 1. The van der Waals surface area contributed by atoms with Gasteiger partial charge >= 0.3 is 0 Å². The largest absolute Gasteiger partial charge is 0.383 e. The molecular weight excluding hydrogens is 236 g/mol. The monoisotopic (exact) mass is 256 g/mol. The van der Waals surface area contributed by atoms with Gasteiger partial charge in [0.05, 0.1) is 6.20 Å². The van der Waals surface area contributed by atoms with Crippen LogP contribution in [0.15, 0.2) is 6.20 Å². The lowest BCUT2D eigenvalue weighted by Crippen LogP contribution is -2.25. The molecule has 1 aromatic heterocycles. The van der Waals surface area contributed by atoms with Gasteiger partial charge in [-0.25, -0.2) is 0 Å². The highest BCUT2D eigenvalue weighted by Crippen LogP contribution is 2.08. The van der Waals surface area contributed by atoms with E-state index in [1.165, 1.54) is 23.1 Å². The van der Waals surface area contributed by atoms with Crippen molar-refractivity contribution in [2.45, 2.75) is 19.3 Å². The standard InChI is InChI=1S/C11H20N4OS/c1-15-10(12)9(8-14-15)11(16)13-6-4-3-5-7-17-2/h8H,3-7,12H2,1-2H3,(H,13,16). The molecule has 96 valence electrons. The second kappa shape index (κ2) is 7.21. The molecule has 0 aliphatic rings. The predicted octanol–water partition coefficient (Wildman–Crippen LogP) is 1.27. The molecule has 6 heteroatoms. The minimum Gasteiger partial charge on any atom is -0.383 e. The zero-order chi connectivity index (χ0) is 12.7. The van der Waals surface area contributed by atoms with Crippen molar-refractivity contribution in [1.29, 1.82) is 0 Å². The third-order valence-electron chi connectivity index (χ3n) is 2.54. The summed E-state index contributed by atoms with van der Waals surface area (Å²) >= 11 is 1.85. The number of carbonyl (C=O) groups is 1. The van der Waals surface area contributed by atoms with Crippen LogP contribution in [-0.2, 0) is 7.05 Å². The Kier molecular flexibility index (Phi) is 5.90. The third-order valence-corrected chi connectivity index (χ3v) is 3.24. The number of rotatable bonds is 7. The molecule has 5 nitrogen and oxygen atoms in total. The Bertz CT molecular complexity index is 364. The van der Waals surface area contributed by atoms with E-state index in [0.29, 0.717) is 17.9 Å². The van der Waals surface area contributed by atoms with Crippen molar-refractivity contribution in [3.8, 4) is 0 Å². The van der Waals surface area contributed by atoms with Crippen molar-refractivity contribution >= 4 is 23.5 Å². The molecule has 0 spiro atoms. The van der Waals surface area contributed by atoms with Gasteiger partial charge < -0.3 is 11.1 Å². The van der Waals surface area contributed by atoms with Crippen LogP contribution < -0.4 is 11.1 Å². The smallest absolute Gasteiger partial charge is 0.256 e. The van der Waals surface area contributed by atoms with Gasteiger partial charge in [-0.05, 0) is 24.9 Å². The second-order valence-electron chi connectivity index (χ2n) is 3.88. The van der Waals surface area contributed by atoms with Crippen molar-refractivity contribution < 1.29 is 4.79 Å². The van der Waals surface area contributed by atoms with Crippen molar-refractivity contribution in [3.63, 3.8) is 0 Å². The molecule has 0 aliphatic heterocycles. The molecule has 1 rings (SSSR count). The van der Waals surface area contributed by atoms with Crippen LogP contribution in [0.5, 0.6) is 0 Å². The highest BCUT2D eigenvalue weighted by Gasteiger charge is 2.12. The molecule has 0 bridgehead atoms. The zero-order valence-corrected chi connectivity index (χ0v) is 11.2. The molecule has 0 saturated heterocycles. The van der Waals surface area contributed by atoms with Gasteiger partial charge in [0.25, 0.3) is 5.91 Å². The maximum absolute atomic E-state index is 11.7. The fraction of sp³-hybridized carbons (Fsp3) is 0.636. The van der Waals surface area contributed by atoms with Crippen molar-refractivity contribution in [2.24, 2.45) is 7.05 Å². The lowest BCUT2D eigenvalue weighted by molar-refractivity contribution is 0.0954. The Morgan fingerprint density at radius 3 is 2.88 bits per heavy atom. The predicted molar refractivity (Wildman–Crippen MR) is 72.2 cm³/mol. The number of hydrogen-bond acceptors (Lipinski definition) is 4. The summed E-state index contributed by atoms with van der Waals surface area (Å²) < 4.78 is 1.49. The summed E-state index contributed by atoms with van der Waals surface area (Å²) in [5.74, 6) is 1.45. The van der Waals surface area contributed by atoms with E-state index in [2.05, 4.69) is 16.7 Å². The average Bonchev–Trinajstić information content (AvgIpc) is 2.64. The van der Waals surface area contributed by atoms with E-state index >= 15 is 0 Å². The van der Waals surface area contributed by atoms with Gasteiger partial charge in [0, 0.05) is 13.6 Å². The fourth-order valence-corrected chi connectivity index (χ4v) is 1.96. The summed E-state index contributed by atoms with van der Waals surface area (Å²) in [5, 5.41) is 6.79. The molecule has 0 saturated carbocycles. The van der Waals surface area contributed by atoms with Crippen LogP contribution in [0, 0.1) is 0 Å². The molecule has 0 aromatic carbocycles. The van der Waals surface area contributed by atoms with Gasteiger partial charge in [-0.1, -0.05) is 6.42 Å². The van der Waals surface area contributed by atoms with Gasteiger partial charge in [0.15, 0.2) is 0 Å². The number of nitrogens with two attached hydrogens (primary N) is 1. The number of thioether (sulfide) groups is 1. The first-order valence-electron chi connectivity index (χ1n) is 5.71. The number of nitrogen functional groups attached to an aromatic ring is 1. The first kappa shape index (κ1) is 13.9. The summed E-state index contributed by atoms with van der Waals surface area (Å²) in [4.78, 5) is 11.7. The normalized spacial score (nSPS) is 10.5. The number of anilines is 1. The summed E-state index contributed by atoms with van der Waals surface area (Å²) in [5.41, 5.74) is 6.17. The second-order valence-corrected chi connectivity index (χ2v) is 4.86. The lowest BCUT2D eigenvalue weighted by Gasteiger charge is -2.04. The van der Waals surface area contributed by atoms with Crippen LogP contribution >= 0.6 is 11.8 Å². The minimum atomic E-state index is -0.138. The van der Waals surface area contributed by atoms with E-state index in [1.54, 1.807) is 7.05 Å². The summed E-state index contributed by atoms with van der Waals surface area (Å²) in [6.07, 6.45) is 6.95. The van der Waals surface area contributed by atoms with Crippen molar-refractivity contribution in [3.05, 3.63) is 11.8 Å². The molecule has 3 N–H and O–H groups in total. The van der Waals surface area contributed by atoms with Gasteiger partial charge in [-0.15, -0.1) is 0 Å². The van der Waals surface area contributed by atoms with E-state index in [0.717, 1.165) is 12.8 Å². The molecule has 0 fully saturated rings. The van der Waals surface area contributed by atoms with E-state index in [1.807, 2.05) is 11.8 Å². The number of aryl methyl sites for hydroxylation is 1. The van der Waals surface area contributed by atoms with Crippen LogP contribution in [0.25, 0.3) is 0 Å². The number of hydrogen-bond donors (Lipinski definition) is 2. The highest BCUT2D eigenvalue weighted by atomic mass is 32.2. The van der Waals surface area contributed by atoms with E-state index in [9.17, 15) is 4.79 Å². The van der Waals surface area contributed by atoms with Gasteiger partial charge in [-0.2, -0.15) is 16.9 Å². The number of amides is 1. The highest BCUT2D eigenvalue weighted by molar-refractivity contribution is 7.98. The molecule has 1 heterocycles. The number of unbranched alkanes of at least 4 members (excludes halogenated alkanes) is 2. The average molecular weight is 256 g/mol. The molecular formula is C11H20N4OS. The maximum Gasteiger partial charge on any atom is 0.256 e. The van der Waals surface area contributed by atoms with Crippen LogP contribution in [0.2, 0.25) is 0 Å². The third kappa shape index (κ3) is 4.30. The van der Waals surface area contributed by atoms with Crippen LogP contribution in [0.3, 0.4) is 0 Å². The number of carbonyl (C=O) groups excluding carboxylic acids is 1.